The average Bonchev–Trinajstić information content (AvgIpc) is 2.51. The third-order valence-electron chi connectivity index (χ3n) is 3.76. The number of rotatable bonds is 7. The van der Waals surface area contributed by atoms with Gasteiger partial charge < -0.3 is 23.1 Å². The maximum Gasteiger partial charge on any atom is 0.384 e. The first-order valence-corrected chi connectivity index (χ1v) is 9.20. The fraction of sp³-hybridized carbons (Fsp3) is 0.786. The predicted octanol–water partition coefficient (Wildman–Crippen LogP) is 2.27. The molecule has 6 nitrogen and oxygen atoms in total. The highest BCUT2D eigenvalue weighted by molar-refractivity contribution is 6.69. The van der Waals surface area contributed by atoms with Crippen LogP contribution in [-0.4, -0.2) is 47.6 Å². The summed E-state index contributed by atoms with van der Waals surface area (Å²) in [6, 6.07) is 0.722. The number of esters is 1. The summed E-state index contributed by atoms with van der Waals surface area (Å²) < 4.78 is 28.1. The Labute approximate surface area is 127 Å². The predicted molar refractivity (Wildman–Crippen MR) is 79.6 cm³/mol. The molecular weight excluding hydrogens is 292 g/mol. The van der Waals surface area contributed by atoms with E-state index in [0.29, 0.717) is 18.4 Å². The van der Waals surface area contributed by atoms with E-state index in [1.165, 1.54) is 14.2 Å². The highest BCUT2D eigenvalue weighted by Gasteiger charge is 2.56. The summed E-state index contributed by atoms with van der Waals surface area (Å²) in [5, 5.41) is 0. The van der Waals surface area contributed by atoms with Crippen LogP contribution in [-0.2, 0) is 27.9 Å². The molecule has 0 aromatic rings. The highest BCUT2D eigenvalue weighted by atomic mass is 28.4. The zero-order valence-corrected chi connectivity index (χ0v) is 14.6. The Kier molecular flexibility index (Phi) is 6.55. The number of carbonyl (C=O) groups is 1. The van der Waals surface area contributed by atoms with Crippen LogP contribution in [0.4, 0.5) is 0 Å². The molecule has 2 unspecified atom stereocenters. The van der Waals surface area contributed by atoms with Gasteiger partial charge >= 0.3 is 14.5 Å². The molecule has 21 heavy (non-hydrogen) atoms. The first-order chi connectivity index (χ1) is 9.88. The summed E-state index contributed by atoms with van der Waals surface area (Å²) in [5.74, 6) is -1.55. The largest absolute Gasteiger partial charge is 0.457 e. The summed E-state index contributed by atoms with van der Waals surface area (Å²) in [7, 11) is 1.85. The molecule has 1 aliphatic rings. The summed E-state index contributed by atoms with van der Waals surface area (Å²) in [6.07, 6.45) is 2.04. The molecule has 1 fully saturated rings. The van der Waals surface area contributed by atoms with Crippen LogP contribution in [0.15, 0.2) is 12.2 Å². The van der Waals surface area contributed by atoms with E-state index >= 15 is 0 Å². The number of ether oxygens (including phenoxy) is 3. The van der Waals surface area contributed by atoms with E-state index in [0.717, 1.165) is 12.5 Å². The summed E-state index contributed by atoms with van der Waals surface area (Å²) in [6.45, 7) is 7.16. The first kappa shape index (κ1) is 18.3. The lowest BCUT2D eigenvalue weighted by molar-refractivity contribution is -0.343. The van der Waals surface area contributed by atoms with E-state index in [1.807, 2.05) is 6.92 Å². The van der Waals surface area contributed by atoms with Gasteiger partial charge in [0.15, 0.2) is 0 Å². The maximum atomic E-state index is 11.8. The van der Waals surface area contributed by atoms with E-state index in [-0.39, 0.29) is 0 Å². The molecule has 1 aliphatic heterocycles. The fourth-order valence-electron chi connectivity index (χ4n) is 2.50. The van der Waals surface area contributed by atoms with E-state index in [1.54, 1.807) is 14.0 Å². The van der Waals surface area contributed by atoms with Gasteiger partial charge in [0.1, 0.15) is 5.73 Å². The molecule has 0 bridgehead atoms. The molecule has 0 aromatic carbocycles. The van der Waals surface area contributed by atoms with Crippen LogP contribution >= 0.6 is 0 Å². The van der Waals surface area contributed by atoms with E-state index in [9.17, 15) is 4.79 Å². The third-order valence-corrected chi connectivity index (χ3v) is 7.67. The molecule has 7 heteroatoms. The van der Waals surface area contributed by atoms with Gasteiger partial charge in [-0.05, 0) is 25.8 Å². The Hall–Kier alpha value is -0.733. The van der Waals surface area contributed by atoms with Gasteiger partial charge in [-0.15, -0.1) is 0 Å². The number of methoxy groups -OCH3 is 2. The Morgan fingerprint density at radius 3 is 2.43 bits per heavy atom. The van der Waals surface area contributed by atoms with Gasteiger partial charge in [0.25, 0.3) is 5.97 Å². The van der Waals surface area contributed by atoms with Gasteiger partial charge in [-0.1, -0.05) is 13.5 Å². The van der Waals surface area contributed by atoms with Crippen molar-refractivity contribution >= 4 is 14.5 Å². The minimum atomic E-state index is -2.81. The standard InChI is InChI=1S/C14H26O6Si/c1-7-12(19-13(15)11(2)3)21(18-6)10-8-9-14(16-4,17-5)20-21/h12H,2,7-10H2,1,3-6H3. The van der Waals surface area contributed by atoms with Crippen molar-refractivity contribution in [3.8, 4) is 0 Å². The minimum Gasteiger partial charge on any atom is -0.457 e. The van der Waals surface area contributed by atoms with Gasteiger partial charge in [0.2, 0.25) is 0 Å². The molecule has 122 valence electrons. The number of hydrogen-bond acceptors (Lipinski definition) is 6. The van der Waals surface area contributed by atoms with E-state index < -0.39 is 26.2 Å². The van der Waals surface area contributed by atoms with Gasteiger partial charge in [0, 0.05) is 33.3 Å². The van der Waals surface area contributed by atoms with Gasteiger partial charge in [-0.2, -0.15) is 0 Å². The van der Waals surface area contributed by atoms with Crippen molar-refractivity contribution in [2.75, 3.05) is 21.3 Å². The lowest BCUT2D eigenvalue weighted by atomic mass is 10.3. The average molecular weight is 318 g/mol. The molecule has 0 aromatic heterocycles. The van der Waals surface area contributed by atoms with Gasteiger partial charge in [-0.3, -0.25) is 0 Å². The van der Waals surface area contributed by atoms with Crippen LogP contribution in [0.2, 0.25) is 6.04 Å². The highest BCUT2D eigenvalue weighted by Crippen LogP contribution is 2.38. The van der Waals surface area contributed by atoms with E-state index in [4.69, 9.17) is 23.1 Å². The van der Waals surface area contributed by atoms with Crippen LogP contribution in [0.5, 0.6) is 0 Å². The van der Waals surface area contributed by atoms with Crippen molar-refractivity contribution in [3.05, 3.63) is 12.2 Å². The van der Waals surface area contributed by atoms with Gasteiger partial charge in [-0.25, -0.2) is 4.79 Å². The molecule has 0 saturated carbocycles. The quantitative estimate of drug-likeness (QED) is 0.310. The molecule has 0 amide bonds. The monoisotopic (exact) mass is 318 g/mol. The van der Waals surface area contributed by atoms with Crippen LogP contribution < -0.4 is 0 Å². The molecule has 0 N–H and O–H groups in total. The number of hydrogen-bond donors (Lipinski definition) is 0. The molecular formula is C14H26O6Si. The first-order valence-electron chi connectivity index (χ1n) is 7.10. The second-order valence-corrected chi connectivity index (χ2v) is 8.53. The van der Waals surface area contributed by atoms with Crippen molar-refractivity contribution in [1.29, 1.82) is 0 Å². The van der Waals surface area contributed by atoms with E-state index in [2.05, 4.69) is 6.58 Å². The van der Waals surface area contributed by atoms with Crippen LogP contribution in [0.3, 0.4) is 0 Å². The minimum absolute atomic E-state index is 0.356. The maximum absolute atomic E-state index is 11.8. The second kappa shape index (κ2) is 7.51. The molecule has 1 heterocycles. The topological polar surface area (TPSA) is 63.2 Å². The Bertz CT molecular complexity index is 382. The second-order valence-electron chi connectivity index (χ2n) is 5.15. The zero-order chi connectivity index (χ0) is 16.1. The smallest absolute Gasteiger partial charge is 0.384 e. The normalized spacial score (nSPS) is 26.1. The SMILES string of the molecule is C=C(C)C(=O)OC(CC)[Si]1(OC)CCCC(OC)(OC)O1. The van der Waals surface area contributed by atoms with Crippen molar-refractivity contribution in [3.63, 3.8) is 0 Å². The Balaban J connectivity index is 3.00. The van der Waals surface area contributed by atoms with Crippen LogP contribution in [0.25, 0.3) is 0 Å². The summed E-state index contributed by atoms with van der Waals surface area (Å²) >= 11 is 0. The van der Waals surface area contributed by atoms with Crippen molar-refractivity contribution in [2.45, 2.75) is 50.9 Å². The molecule has 0 aliphatic carbocycles. The zero-order valence-electron chi connectivity index (χ0n) is 13.6. The summed E-state index contributed by atoms with van der Waals surface area (Å²) in [4.78, 5) is 11.8. The van der Waals surface area contributed by atoms with Crippen LogP contribution in [0.1, 0.15) is 33.1 Å². The Morgan fingerprint density at radius 2 is 2.00 bits per heavy atom. The molecule has 0 spiro atoms. The van der Waals surface area contributed by atoms with Crippen molar-refractivity contribution in [1.82, 2.24) is 0 Å². The van der Waals surface area contributed by atoms with Crippen molar-refractivity contribution in [2.24, 2.45) is 0 Å². The van der Waals surface area contributed by atoms with Crippen molar-refractivity contribution < 1.29 is 27.9 Å². The lowest BCUT2D eigenvalue weighted by Crippen LogP contribution is -2.62. The molecule has 1 saturated heterocycles. The van der Waals surface area contributed by atoms with Crippen LogP contribution in [0, 0.1) is 0 Å². The van der Waals surface area contributed by atoms with Gasteiger partial charge in [0.05, 0.1) is 0 Å². The molecule has 1 rings (SSSR count). The lowest BCUT2D eigenvalue weighted by Gasteiger charge is -2.45. The Morgan fingerprint density at radius 1 is 1.38 bits per heavy atom. The fourth-order valence-corrected chi connectivity index (χ4v) is 5.98. The summed E-state index contributed by atoms with van der Waals surface area (Å²) in [5.41, 5.74) is -0.0778. The molecule has 2 atom stereocenters. The molecule has 0 radical (unpaired) electrons. The number of carbonyl (C=O) groups excluding carboxylic acids is 1. The third kappa shape index (κ3) is 3.92.